The summed E-state index contributed by atoms with van der Waals surface area (Å²) in [4.78, 5) is 73.7. The van der Waals surface area contributed by atoms with Crippen LogP contribution >= 0.6 is 22.9 Å². The zero-order chi connectivity index (χ0) is 50.0. The Morgan fingerprint density at radius 2 is 1.70 bits per heavy atom. The van der Waals surface area contributed by atoms with Gasteiger partial charge in [0.1, 0.15) is 30.0 Å². The Labute approximate surface area is 417 Å². The molecular weight excluding hydrogens is 937 g/mol. The number of methoxy groups -OCH3 is 1. The molecule has 5 aromatic rings. The zero-order valence-corrected chi connectivity index (χ0v) is 42.0. The monoisotopic (exact) mass is 999 g/mol. The number of piperazine rings is 1. The lowest BCUT2D eigenvalue weighted by atomic mass is 9.85. The lowest BCUT2D eigenvalue weighted by molar-refractivity contribution is -0.144. The van der Waals surface area contributed by atoms with Gasteiger partial charge in [-0.25, -0.2) is 19.3 Å². The van der Waals surface area contributed by atoms with Crippen molar-refractivity contribution in [3.63, 3.8) is 0 Å². The summed E-state index contributed by atoms with van der Waals surface area (Å²) in [5, 5.41) is 20.3. The van der Waals surface area contributed by atoms with Gasteiger partial charge >= 0.3 is 0 Å². The van der Waals surface area contributed by atoms with Gasteiger partial charge in [0.2, 0.25) is 23.6 Å². The number of nitrogens with one attached hydrogen (secondary N) is 3. The third-order valence-corrected chi connectivity index (χ3v) is 14.0. The van der Waals surface area contributed by atoms with E-state index in [0.29, 0.717) is 79.3 Å². The number of anilines is 2. The summed E-state index contributed by atoms with van der Waals surface area (Å²) in [7, 11) is 1.57. The van der Waals surface area contributed by atoms with Crippen LogP contribution in [0.15, 0.2) is 66.4 Å². The number of aromatic nitrogens is 3. The molecule has 374 valence electrons. The normalized spacial score (nSPS) is 16.8. The lowest BCUT2D eigenvalue weighted by Gasteiger charge is -2.35. The Kier molecular flexibility index (Phi) is 17.6. The van der Waals surface area contributed by atoms with E-state index in [0.717, 1.165) is 47.8 Å². The molecule has 7 rings (SSSR count). The molecule has 16 nitrogen and oxygen atoms in total. The molecule has 0 radical (unpaired) electrons. The van der Waals surface area contributed by atoms with E-state index in [1.165, 1.54) is 23.4 Å². The second kappa shape index (κ2) is 23.8. The van der Waals surface area contributed by atoms with Gasteiger partial charge in [0.25, 0.3) is 0 Å². The van der Waals surface area contributed by atoms with Crippen molar-refractivity contribution in [1.29, 1.82) is 0 Å². The number of rotatable bonds is 20. The molecule has 0 bridgehead atoms. The fourth-order valence-electron chi connectivity index (χ4n) is 8.75. The molecule has 0 saturated carbocycles. The predicted molar refractivity (Wildman–Crippen MR) is 269 cm³/mol. The van der Waals surface area contributed by atoms with Crippen molar-refractivity contribution >= 4 is 69.0 Å². The molecule has 4 N–H and O–H groups in total. The van der Waals surface area contributed by atoms with Gasteiger partial charge in [0.15, 0.2) is 11.5 Å². The van der Waals surface area contributed by atoms with Gasteiger partial charge in [-0.05, 0) is 67.0 Å². The molecule has 2 aliphatic heterocycles. The van der Waals surface area contributed by atoms with Crippen molar-refractivity contribution in [2.75, 3.05) is 58.3 Å². The number of carbonyl (C=O) groups excluding carboxylic acids is 4. The zero-order valence-electron chi connectivity index (χ0n) is 40.4. The molecule has 2 fully saturated rings. The van der Waals surface area contributed by atoms with E-state index in [1.54, 1.807) is 30.6 Å². The molecule has 4 heterocycles. The first-order valence-corrected chi connectivity index (χ1v) is 25.1. The highest BCUT2D eigenvalue weighted by Gasteiger charge is 2.44. The minimum absolute atomic E-state index is 0.000296. The second-order valence-electron chi connectivity index (χ2n) is 18.9. The Morgan fingerprint density at radius 3 is 2.40 bits per heavy atom. The molecule has 19 heteroatoms. The summed E-state index contributed by atoms with van der Waals surface area (Å²) in [5.74, 6) is 0.128. The first-order chi connectivity index (χ1) is 33.6. The van der Waals surface area contributed by atoms with Crippen LogP contribution in [-0.4, -0.2) is 130 Å². The van der Waals surface area contributed by atoms with E-state index in [9.17, 15) is 28.7 Å². The first kappa shape index (κ1) is 51.9. The Balaban J connectivity index is 0.793. The quantitative estimate of drug-likeness (QED) is 0.0571. The molecular formula is C51H63ClFN9O7S. The van der Waals surface area contributed by atoms with Crippen LogP contribution in [0.3, 0.4) is 0 Å². The number of benzene rings is 3. The van der Waals surface area contributed by atoms with Gasteiger partial charge in [-0.1, -0.05) is 63.1 Å². The molecule has 2 aliphatic rings. The summed E-state index contributed by atoms with van der Waals surface area (Å²) >= 11 is 7.56. The van der Waals surface area contributed by atoms with Crippen molar-refractivity contribution in [3.8, 4) is 21.9 Å². The number of likely N-dealkylation sites (tertiary alicyclic amines) is 1. The van der Waals surface area contributed by atoms with E-state index >= 15 is 0 Å². The molecule has 70 heavy (non-hydrogen) atoms. The maximum Gasteiger partial charge on any atom is 0.246 e. The van der Waals surface area contributed by atoms with Gasteiger partial charge in [0.05, 0.1) is 46.4 Å². The molecule has 3 aromatic carbocycles. The van der Waals surface area contributed by atoms with Crippen LogP contribution in [0.25, 0.3) is 21.3 Å². The minimum Gasteiger partial charge on any atom is -0.493 e. The van der Waals surface area contributed by atoms with E-state index in [-0.39, 0.29) is 48.7 Å². The van der Waals surface area contributed by atoms with Crippen LogP contribution in [0.5, 0.6) is 11.5 Å². The molecule has 4 amide bonds. The number of unbranched alkanes of at least 4 members (excludes halogenated alkanes) is 2. The number of aliphatic hydroxyl groups is 1. The highest BCUT2D eigenvalue weighted by Crippen LogP contribution is 2.36. The SMILES string of the molecule is COc1cc2ncnc(Nc3ccc(F)c(Cl)c3)c2cc1OCCCN1CCN(C(=O)CCCCCC(=O)NC(C(=O)N2CC(O)CC2C(=O)NCc2ccc(-c3scnc3C)cc2)C(C)(C)C)CC1. The number of nitrogens with zero attached hydrogens (tertiary/aromatic N) is 6. The van der Waals surface area contributed by atoms with Crippen LogP contribution in [0.1, 0.15) is 77.0 Å². The van der Waals surface area contributed by atoms with Gasteiger partial charge in [0, 0.05) is 82.2 Å². The minimum atomic E-state index is -0.909. The highest BCUT2D eigenvalue weighted by atomic mass is 35.5. The van der Waals surface area contributed by atoms with Crippen LogP contribution in [-0.2, 0) is 25.7 Å². The van der Waals surface area contributed by atoms with Gasteiger partial charge in [-0.15, -0.1) is 11.3 Å². The number of carbonyl (C=O) groups is 4. The van der Waals surface area contributed by atoms with Crippen LogP contribution in [0, 0.1) is 18.2 Å². The number of hydrogen-bond donors (Lipinski definition) is 4. The van der Waals surface area contributed by atoms with E-state index in [1.807, 2.05) is 68.4 Å². The molecule has 0 spiro atoms. The number of halogens is 2. The highest BCUT2D eigenvalue weighted by molar-refractivity contribution is 7.13. The van der Waals surface area contributed by atoms with Crippen molar-refractivity contribution < 1.29 is 38.1 Å². The lowest BCUT2D eigenvalue weighted by Crippen LogP contribution is -2.57. The first-order valence-electron chi connectivity index (χ1n) is 23.8. The summed E-state index contributed by atoms with van der Waals surface area (Å²) in [6.45, 7) is 11.8. The molecule has 2 aromatic heterocycles. The summed E-state index contributed by atoms with van der Waals surface area (Å²) in [5.41, 5.74) is 5.27. The number of fused-ring (bicyclic) bond motifs is 1. The number of hydrogen-bond acceptors (Lipinski definition) is 13. The summed E-state index contributed by atoms with van der Waals surface area (Å²) in [6.07, 6.45) is 3.89. The smallest absolute Gasteiger partial charge is 0.246 e. The van der Waals surface area contributed by atoms with E-state index < -0.39 is 35.3 Å². The van der Waals surface area contributed by atoms with Gasteiger partial charge < -0.3 is 40.3 Å². The number of β-amino-alcohol motifs (C(OH)–C–C–N with tert-alkyl or cyclic N) is 1. The van der Waals surface area contributed by atoms with Gasteiger partial charge in [-0.3, -0.25) is 24.1 Å². The average molecular weight is 1000 g/mol. The average Bonchev–Trinajstić information content (AvgIpc) is 3.97. The van der Waals surface area contributed by atoms with Crippen LogP contribution in [0.2, 0.25) is 5.02 Å². The number of aryl methyl sites for hydroxylation is 1. The molecule has 3 unspecified atom stereocenters. The predicted octanol–water partition coefficient (Wildman–Crippen LogP) is 7.28. The Hall–Kier alpha value is -5.95. The standard InChI is InChI=1S/C51H63ClFN9O7S/c1-32-46(70-31-57-32)34-14-12-33(13-15-34)28-54-49(66)41-25-36(63)29-62(41)50(67)47(51(2,3)4)59-44(64)10-7-6-8-11-45(65)61-21-19-60(20-22-61)18-9-23-69-43-26-37-40(27-42(43)68-5)55-30-56-48(37)58-35-16-17-39(53)38(52)24-35/h12-17,24,26-27,30-31,36,41,47,63H,6-11,18-23,25,28-29H2,1-5H3,(H,54,66)(H,59,64)(H,55,56,58). The summed E-state index contributed by atoms with van der Waals surface area (Å²) < 4.78 is 25.5. The molecule has 2 saturated heterocycles. The number of thiazole rings is 1. The number of ether oxygens (including phenoxy) is 2. The Morgan fingerprint density at radius 1 is 0.943 bits per heavy atom. The van der Waals surface area contributed by atoms with Gasteiger partial charge in [-0.2, -0.15) is 0 Å². The topological polar surface area (TPSA) is 191 Å². The third-order valence-electron chi connectivity index (χ3n) is 12.7. The fraction of sp³-hybridized carbons (Fsp3) is 0.471. The Bertz CT molecular complexity index is 2620. The van der Waals surface area contributed by atoms with Crippen molar-refractivity contribution in [2.24, 2.45) is 5.41 Å². The van der Waals surface area contributed by atoms with E-state index in [4.69, 9.17) is 21.1 Å². The number of amides is 4. The van der Waals surface area contributed by atoms with Crippen LogP contribution in [0.4, 0.5) is 15.9 Å². The fourth-order valence-corrected chi connectivity index (χ4v) is 9.74. The largest absolute Gasteiger partial charge is 0.493 e. The maximum atomic E-state index is 14.1. The number of aliphatic hydroxyl groups excluding tert-OH is 1. The summed E-state index contributed by atoms with van der Waals surface area (Å²) in [6, 6.07) is 14.1. The third kappa shape index (κ3) is 13.5. The van der Waals surface area contributed by atoms with Crippen molar-refractivity contribution in [3.05, 3.63) is 88.5 Å². The van der Waals surface area contributed by atoms with Crippen molar-refractivity contribution in [1.82, 2.24) is 40.3 Å². The van der Waals surface area contributed by atoms with Crippen molar-refractivity contribution in [2.45, 2.75) is 97.4 Å². The van der Waals surface area contributed by atoms with Crippen LogP contribution < -0.4 is 25.4 Å². The molecule has 0 aliphatic carbocycles. The maximum absolute atomic E-state index is 14.1. The van der Waals surface area contributed by atoms with E-state index in [2.05, 4.69) is 35.8 Å². The molecule has 3 atom stereocenters. The second-order valence-corrected chi connectivity index (χ2v) is 20.2.